The minimum absolute atomic E-state index is 0.124. The molecule has 0 aliphatic carbocycles. The van der Waals surface area contributed by atoms with Crippen LogP contribution in [0.4, 0.5) is 0 Å². The average Bonchev–Trinajstić information content (AvgIpc) is 3.44. The molecule has 0 radical (unpaired) electrons. The SMILES string of the molecule is COc1ccc(-c2nc(C)c(C(=O)OCc3nc(-c4ccccc4C)no3)s2)cc1OC. The summed E-state index contributed by atoms with van der Waals surface area (Å²) in [6, 6.07) is 13.2. The molecule has 2 heterocycles. The maximum Gasteiger partial charge on any atom is 0.350 e. The molecular weight excluding hydrogens is 430 g/mol. The lowest BCUT2D eigenvalue weighted by atomic mass is 10.1. The summed E-state index contributed by atoms with van der Waals surface area (Å²) < 4.78 is 21.2. The van der Waals surface area contributed by atoms with Crippen molar-refractivity contribution in [1.82, 2.24) is 15.1 Å². The van der Waals surface area contributed by atoms with Gasteiger partial charge in [0.1, 0.15) is 9.88 Å². The Labute approximate surface area is 188 Å². The Kier molecular flexibility index (Phi) is 6.18. The molecular formula is C23H21N3O5S. The molecule has 9 heteroatoms. The van der Waals surface area contributed by atoms with E-state index < -0.39 is 5.97 Å². The highest BCUT2D eigenvalue weighted by Gasteiger charge is 2.20. The molecule has 0 amide bonds. The van der Waals surface area contributed by atoms with Gasteiger partial charge in [0, 0.05) is 11.1 Å². The summed E-state index contributed by atoms with van der Waals surface area (Å²) in [7, 11) is 3.14. The van der Waals surface area contributed by atoms with Crippen molar-refractivity contribution in [1.29, 1.82) is 0 Å². The molecule has 4 rings (SSSR count). The standard InChI is InChI=1S/C23H21N3O5S/c1-13-7-5-6-8-16(13)21-25-19(31-26-21)12-30-23(27)20-14(2)24-22(32-20)15-9-10-17(28-3)18(11-15)29-4/h5-11H,12H2,1-4H3. The smallest absolute Gasteiger partial charge is 0.350 e. The number of benzene rings is 2. The predicted octanol–water partition coefficient (Wildman–Crippen LogP) is 4.85. The predicted molar refractivity (Wildman–Crippen MR) is 119 cm³/mol. The normalized spacial score (nSPS) is 10.8. The van der Waals surface area contributed by atoms with E-state index in [-0.39, 0.29) is 12.5 Å². The van der Waals surface area contributed by atoms with Crippen LogP contribution in [0.5, 0.6) is 11.5 Å². The first-order valence-corrected chi connectivity index (χ1v) is 10.6. The third-order valence-electron chi connectivity index (χ3n) is 4.79. The molecule has 8 nitrogen and oxygen atoms in total. The quantitative estimate of drug-likeness (QED) is 0.368. The first-order chi connectivity index (χ1) is 15.5. The molecule has 0 N–H and O–H groups in total. The van der Waals surface area contributed by atoms with Gasteiger partial charge in [0.2, 0.25) is 5.82 Å². The molecule has 0 saturated heterocycles. The Morgan fingerprint density at radius 2 is 1.81 bits per heavy atom. The second-order valence-corrected chi connectivity index (χ2v) is 7.91. The third kappa shape index (κ3) is 4.33. The largest absolute Gasteiger partial charge is 0.493 e. The van der Waals surface area contributed by atoms with Crippen LogP contribution in [-0.2, 0) is 11.3 Å². The molecule has 0 aliphatic heterocycles. The number of carbonyl (C=O) groups is 1. The molecule has 0 unspecified atom stereocenters. The number of thiazole rings is 1. The van der Waals surface area contributed by atoms with Crippen LogP contribution in [-0.4, -0.2) is 35.3 Å². The molecule has 0 bridgehead atoms. The summed E-state index contributed by atoms with van der Waals surface area (Å²) in [6.45, 7) is 3.61. The van der Waals surface area contributed by atoms with Crippen molar-refractivity contribution in [3.05, 3.63) is 64.5 Å². The first-order valence-electron chi connectivity index (χ1n) is 9.75. The van der Waals surface area contributed by atoms with Crippen LogP contribution >= 0.6 is 11.3 Å². The van der Waals surface area contributed by atoms with Crippen LogP contribution < -0.4 is 9.47 Å². The molecule has 0 saturated carbocycles. The fourth-order valence-electron chi connectivity index (χ4n) is 3.12. The highest BCUT2D eigenvalue weighted by atomic mass is 32.1. The number of ether oxygens (including phenoxy) is 3. The number of aryl methyl sites for hydroxylation is 2. The van der Waals surface area contributed by atoms with E-state index in [1.54, 1.807) is 27.2 Å². The van der Waals surface area contributed by atoms with Gasteiger partial charge in [0.05, 0.1) is 19.9 Å². The number of esters is 1. The summed E-state index contributed by atoms with van der Waals surface area (Å²) in [5.74, 6) is 1.39. The zero-order valence-electron chi connectivity index (χ0n) is 18.0. The molecule has 164 valence electrons. The van der Waals surface area contributed by atoms with Gasteiger partial charge in [-0.3, -0.25) is 0 Å². The second-order valence-electron chi connectivity index (χ2n) is 6.91. The van der Waals surface area contributed by atoms with Crippen molar-refractivity contribution in [3.63, 3.8) is 0 Å². The molecule has 0 spiro atoms. The number of rotatable bonds is 7. The molecule has 32 heavy (non-hydrogen) atoms. The van der Waals surface area contributed by atoms with Crippen LogP contribution in [0.2, 0.25) is 0 Å². The number of aromatic nitrogens is 3. The molecule has 0 atom stereocenters. The monoisotopic (exact) mass is 451 g/mol. The van der Waals surface area contributed by atoms with Gasteiger partial charge in [-0.2, -0.15) is 4.98 Å². The Balaban J connectivity index is 1.47. The summed E-state index contributed by atoms with van der Waals surface area (Å²) in [4.78, 5) is 21.9. The van der Waals surface area contributed by atoms with Gasteiger partial charge in [-0.05, 0) is 37.6 Å². The first kappa shape index (κ1) is 21.5. The van der Waals surface area contributed by atoms with Crippen LogP contribution in [0.3, 0.4) is 0 Å². The highest BCUT2D eigenvalue weighted by molar-refractivity contribution is 7.17. The van der Waals surface area contributed by atoms with Crippen LogP contribution in [0, 0.1) is 13.8 Å². The Morgan fingerprint density at radius 1 is 1.03 bits per heavy atom. The van der Waals surface area contributed by atoms with E-state index in [0.717, 1.165) is 16.7 Å². The number of nitrogens with zero attached hydrogens (tertiary/aromatic N) is 3. The fraction of sp³-hybridized carbons (Fsp3) is 0.217. The lowest BCUT2D eigenvalue weighted by molar-refractivity contribution is 0.0434. The third-order valence-corrected chi connectivity index (χ3v) is 5.98. The van der Waals surface area contributed by atoms with Crippen molar-refractivity contribution >= 4 is 17.3 Å². The van der Waals surface area contributed by atoms with Gasteiger partial charge >= 0.3 is 5.97 Å². The van der Waals surface area contributed by atoms with Gasteiger partial charge < -0.3 is 18.7 Å². The molecule has 4 aromatic rings. The van der Waals surface area contributed by atoms with Gasteiger partial charge in [-0.15, -0.1) is 11.3 Å². The summed E-state index contributed by atoms with van der Waals surface area (Å²) in [6.07, 6.45) is 0. The lowest BCUT2D eigenvalue weighted by Crippen LogP contribution is -2.05. The molecule has 0 aliphatic rings. The van der Waals surface area contributed by atoms with Crippen LogP contribution in [0.25, 0.3) is 22.0 Å². The van der Waals surface area contributed by atoms with Gasteiger partial charge in [-0.1, -0.05) is 29.4 Å². The number of methoxy groups -OCH3 is 2. The van der Waals surface area contributed by atoms with Crippen LogP contribution in [0.1, 0.15) is 26.8 Å². The van der Waals surface area contributed by atoms with E-state index in [2.05, 4.69) is 15.1 Å². The van der Waals surface area contributed by atoms with Crippen molar-refractivity contribution in [2.45, 2.75) is 20.5 Å². The molecule has 2 aromatic heterocycles. The topological polar surface area (TPSA) is 96.6 Å². The van der Waals surface area contributed by atoms with Crippen molar-refractivity contribution in [2.24, 2.45) is 0 Å². The van der Waals surface area contributed by atoms with Crippen molar-refractivity contribution in [3.8, 4) is 33.5 Å². The Bertz CT molecular complexity index is 1260. The van der Waals surface area contributed by atoms with Crippen LogP contribution in [0.15, 0.2) is 47.0 Å². The fourth-order valence-corrected chi connectivity index (χ4v) is 4.07. The average molecular weight is 452 g/mol. The number of hydrogen-bond acceptors (Lipinski definition) is 9. The van der Waals surface area contributed by atoms with Crippen molar-refractivity contribution in [2.75, 3.05) is 14.2 Å². The minimum atomic E-state index is -0.498. The van der Waals surface area contributed by atoms with E-state index in [1.807, 2.05) is 43.3 Å². The zero-order valence-corrected chi connectivity index (χ0v) is 18.9. The summed E-state index contributed by atoms with van der Waals surface area (Å²) >= 11 is 1.24. The maximum absolute atomic E-state index is 12.7. The van der Waals surface area contributed by atoms with E-state index in [4.69, 9.17) is 18.7 Å². The number of hydrogen-bond donors (Lipinski definition) is 0. The van der Waals surface area contributed by atoms with Crippen molar-refractivity contribution < 1.29 is 23.5 Å². The minimum Gasteiger partial charge on any atom is -0.493 e. The highest BCUT2D eigenvalue weighted by Crippen LogP contribution is 2.35. The summed E-state index contributed by atoms with van der Waals surface area (Å²) in [5, 5.41) is 4.66. The van der Waals surface area contributed by atoms with E-state index in [9.17, 15) is 4.79 Å². The Hall–Kier alpha value is -3.72. The maximum atomic E-state index is 12.7. The van der Waals surface area contributed by atoms with E-state index in [1.165, 1.54) is 11.3 Å². The van der Waals surface area contributed by atoms with E-state index in [0.29, 0.717) is 32.9 Å². The van der Waals surface area contributed by atoms with Gasteiger partial charge in [0.25, 0.3) is 5.89 Å². The zero-order chi connectivity index (χ0) is 22.7. The van der Waals surface area contributed by atoms with Gasteiger partial charge in [0.15, 0.2) is 18.1 Å². The number of carbonyl (C=O) groups excluding carboxylic acids is 1. The molecule has 0 fully saturated rings. The van der Waals surface area contributed by atoms with Gasteiger partial charge in [-0.25, -0.2) is 9.78 Å². The second kappa shape index (κ2) is 9.19. The van der Waals surface area contributed by atoms with E-state index >= 15 is 0 Å². The lowest BCUT2D eigenvalue weighted by Gasteiger charge is -2.08. The Morgan fingerprint density at radius 3 is 2.56 bits per heavy atom. The summed E-state index contributed by atoms with van der Waals surface area (Å²) in [5.41, 5.74) is 3.29. The molecule has 2 aromatic carbocycles.